The van der Waals surface area contributed by atoms with E-state index in [9.17, 15) is 13.2 Å². The Bertz CT molecular complexity index is 953. The van der Waals surface area contributed by atoms with Gasteiger partial charge in [-0.15, -0.1) is 0 Å². The fourth-order valence-corrected chi connectivity index (χ4v) is 4.03. The van der Waals surface area contributed by atoms with E-state index in [-0.39, 0.29) is 22.6 Å². The third kappa shape index (κ3) is 3.97. The zero-order valence-electron chi connectivity index (χ0n) is 14.6. The quantitative estimate of drug-likeness (QED) is 0.671. The molecule has 1 aliphatic rings. The molecular weight excluding hydrogens is 354 g/mol. The first kappa shape index (κ1) is 18.2. The molecule has 1 fully saturated rings. The van der Waals surface area contributed by atoms with Crippen molar-refractivity contribution in [1.29, 1.82) is 0 Å². The molecule has 8 heteroatoms. The summed E-state index contributed by atoms with van der Waals surface area (Å²) < 4.78 is 32.9. The molecule has 0 saturated heterocycles. The fraction of sp³-hybridized carbons (Fsp3) is 0.278. The summed E-state index contributed by atoms with van der Waals surface area (Å²) >= 11 is 0. The molecule has 1 aliphatic carbocycles. The lowest BCUT2D eigenvalue weighted by Gasteiger charge is -2.13. The van der Waals surface area contributed by atoms with Crippen LogP contribution in [-0.4, -0.2) is 27.5 Å². The molecule has 4 N–H and O–H groups in total. The largest absolute Gasteiger partial charge is 0.495 e. The van der Waals surface area contributed by atoms with Crippen molar-refractivity contribution < 1.29 is 17.9 Å². The smallest absolute Gasteiger partial charge is 0.256 e. The maximum absolute atomic E-state index is 12.5. The highest BCUT2D eigenvalue weighted by molar-refractivity contribution is 7.89. The van der Waals surface area contributed by atoms with Gasteiger partial charge in [0.2, 0.25) is 10.0 Å². The Balaban J connectivity index is 1.90. The Morgan fingerprint density at radius 2 is 1.92 bits per heavy atom. The molecule has 1 saturated carbocycles. The molecule has 3 rings (SSSR count). The summed E-state index contributed by atoms with van der Waals surface area (Å²) in [5.74, 6) is -0.144. The van der Waals surface area contributed by atoms with Crippen molar-refractivity contribution in [2.75, 3.05) is 18.2 Å². The normalized spacial score (nSPS) is 14.1. The van der Waals surface area contributed by atoms with E-state index in [0.29, 0.717) is 16.9 Å². The molecule has 2 aromatic carbocycles. The molecular formula is C18H21N3O4S. The van der Waals surface area contributed by atoms with Gasteiger partial charge in [0.25, 0.3) is 5.91 Å². The highest BCUT2D eigenvalue weighted by Crippen LogP contribution is 2.30. The molecule has 0 aromatic heterocycles. The van der Waals surface area contributed by atoms with Crippen LogP contribution in [0.1, 0.15) is 28.8 Å². The standard InChI is InChI=1S/C18H21N3O4S/c1-11-3-4-12(19)9-15(11)18(22)20-14-7-8-16(25-2)17(10-14)26(23,24)21-13-5-6-13/h3-4,7-10,13,21H,5-6,19H2,1-2H3,(H,20,22). The Labute approximate surface area is 152 Å². The summed E-state index contributed by atoms with van der Waals surface area (Å²) in [7, 11) is -2.32. The zero-order chi connectivity index (χ0) is 18.9. The van der Waals surface area contributed by atoms with Crippen LogP contribution < -0.4 is 20.5 Å². The Morgan fingerprint density at radius 3 is 2.58 bits per heavy atom. The molecule has 2 aromatic rings. The van der Waals surface area contributed by atoms with E-state index in [1.807, 2.05) is 0 Å². The van der Waals surface area contributed by atoms with Crippen molar-refractivity contribution in [3.63, 3.8) is 0 Å². The van der Waals surface area contributed by atoms with E-state index < -0.39 is 10.0 Å². The minimum Gasteiger partial charge on any atom is -0.495 e. The number of ether oxygens (including phenoxy) is 1. The minimum atomic E-state index is -3.72. The Hall–Kier alpha value is -2.58. The number of anilines is 2. The van der Waals surface area contributed by atoms with Crippen molar-refractivity contribution in [2.45, 2.75) is 30.7 Å². The van der Waals surface area contributed by atoms with Crippen LogP contribution >= 0.6 is 0 Å². The zero-order valence-corrected chi connectivity index (χ0v) is 15.4. The molecule has 0 unspecified atom stereocenters. The van der Waals surface area contributed by atoms with Gasteiger partial charge in [0.1, 0.15) is 10.6 Å². The first-order chi connectivity index (χ1) is 12.3. The number of methoxy groups -OCH3 is 1. The van der Waals surface area contributed by atoms with Crippen molar-refractivity contribution in [1.82, 2.24) is 4.72 Å². The van der Waals surface area contributed by atoms with Gasteiger partial charge in [-0.2, -0.15) is 0 Å². The van der Waals surface area contributed by atoms with Gasteiger partial charge >= 0.3 is 0 Å². The predicted octanol–water partition coefficient (Wildman–Crippen LogP) is 2.28. The third-order valence-corrected chi connectivity index (χ3v) is 5.66. The van der Waals surface area contributed by atoms with Crippen molar-refractivity contribution in [3.05, 3.63) is 47.5 Å². The van der Waals surface area contributed by atoms with Gasteiger partial charge in [-0.3, -0.25) is 4.79 Å². The van der Waals surface area contributed by atoms with Gasteiger partial charge < -0.3 is 15.8 Å². The van der Waals surface area contributed by atoms with E-state index >= 15 is 0 Å². The van der Waals surface area contributed by atoms with Crippen molar-refractivity contribution >= 4 is 27.3 Å². The molecule has 0 aliphatic heterocycles. The first-order valence-corrected chi connectivity index (χ1v) is 9.66. The topological polar surface area (TPSA) is 111 Å². The molecule has 7 nitrogen and oxygen atoms in total. The second-order valence-electron chi connectivity index (χ2n) is 6.29. The van der Waals surface area contributed by atoms with E-state index in [2.05, 4.69) is 10.0 Å². The van der Waals surface area contributed by atoms with Gasteiger partial charge in [-0.25, -0.2) is 13.1 Å². The fourth-order valence-electron chi connectivity index (χ4n) is 2.53. The maximum atomic E-state index is 12.5. The summed E-state index contributed by atoms with van der Waals surface area (Å²) in [6.45, 7) is 1.80. The van der Waals surface area contributed by atoms with Crippen LogP contribution in [-0.2, 0) is 10.0 Å². The van der Waals surface area contributed by atoms with Gasteiger partial charge in [0, 0.05) is 23.0 Å². The number of nitrogens with two attached hydrogens (primary N) is 1. The van der Waals surface area contributed by atoms with Gasteiger partial charge in [0.05, 0.1) is 7.11 Å². The average Bonchev–Trinajstić information content (AvgIpc) is 3.40. The number of nitrogens with one attached hydrogen (secondary N) is 2. The monoisotopic (exact) mass is 375 g/mol. The predicted molar refractivity (Wildman–Crippen MR) is 99.9 cm³/mol. The van der Waals surface area contributed by atoms with Crippen LogP contribution in [0, 0.1) is 6.92 Å². The van der Waals surface area contributed by atoms with E-state index in [1.165, 1.54) is 19.2 Å². The molecule has 0 bridgehead atoms. The lowest BCUT2D eigenvalue weighted by molar-refractivity contribution is 0.102. The summed E-state index contributed by atoms with van der Waals surface area (Å²) in [5.41, 5.74) is 7.78. The number of carbonyl (C=O) groups is 1. The molecule has 0 spiro atoms. The second kappa shape index (κ2) is 6.97. The summed E-state index contributed by atoms with van der Waals surface area (Å²) in [5, 5.41) is 2.72. The molecule has 0 heterocycles. The first-order valence-electron chi connectivity index (χ1n) is 8.18. The second-order valence-corrected chi connectivity index (χ2v) is 7.97. The average molecular weight is 375 g/mol. The van der Waals surface area contributed by atoms with Crippen LogP contribution in [0.3, 0.4) is 0 Å². The van der Waals surface area contributed by atoms with Crippen molar-refractivity contribution in [3.8, 4) is 5.75 Å². The summed E-state index contributed by atoms with van der Waals surface area (Å²) in [6, 6.07) is 9.53. The van der Waals surface area contributed by atoms with Crippen LogP contribution in [0.15, 0.2) is 41.3 Å². The number of aryl methyl sites for hydroxylation is 1. The Kier molecular flexibility index (Phi) is 4.88. The summed E-state index contributed by atoms with van der Waals surface area (Å²) in [4.78, 5) is 12.5. The number of amides is 1. The van der Waals surface area contributed by atoms with Crippen molar-refractivity contribution in [2.24, 2.45) is 0 Å². The Morgan fingerprint density at radius 1 is 1.19 bits per heavy atom. The summed E-state index contributed by atoms with van der Waals surface area (Å²) in [6.07, 6.45) is 1.65. The lowest BCUT2D eigenvalue weighted by Crippen LogP contribution is -2.26. The number of carbonyl (C=O) groups excluding carboxylic acids is 1. The number of benzene rings is 2. The molecule has 0 radical (unpaired) electrons. The molecule has 26 heavy (non-hydrogen) atoms. The van der Waals surface area contributed by atoms with Crippen LogP contribution in [0.2, 0.25) is 0 Å². The van der Waals surface area contributed by atoms with Crippen LogP contribution in [0.5, 0.6) is 5.75 Å². The third-order valence-electron chi connectivity index (χ3n) is 4.12. The van der Waals surface area contributed by atoms with Gasteiger partial charge in [-0.05, 0) is 55.7 Å². The SMILES string of the molecule is COc1ccc(NC(=O)c2cc(N)ccc2C)cc1S(=O)(=O)NC1CC1. The molecule has 1 amide bonds. The van der Waals surface area contributed by atoms with Gasteiger partial charge in [-0.1, -0.05) is 6.07 Å². The number of hydrogen-bond donors (Lipinski definition) is 3. The van der Waals surface area contributed by atoms with Crippen LogP contribution in [0.25, 0.3) is 0 Å². The van der Waals surface area contributed by atoms with E-state index in [4.69, 9.17) is 10.5 Å². The molecule has 138 valence electrons. The minimum absolute atomic E-state index is 0.00556. The number of rotatable bonds is 6. The number of sulfonamides is 1. The maximum Gasteiger partial charge on any atom is 0.256 e. The van der Waals surface area contributed by atoms with Gasteiger partial charge in [0.15, 0.2) is 0 Å². The van der Waals surface area contributed by atoms with Crippen LogP contribution in [0.4, 0.5) is 11.4 Å². The lowest BCUT2D eigenvalue weighted by atomic mass is 10.1. The number of hydrogen-bond acceptors (Lipinski definition) is 5. The van der Waals surface area contributed by atoms with E-state index in [1.54, 1.807) is 31.2 Å². The number of nitrogen functional groups attached to an aromatic ring is 1. The highest BCUT2D eigenvalue weighted by atomic mass is 32.2. The molecule has 0 atom stereocenters. The van der Waals surface area contributed by atoms with E-state index in [0.717, 1.165) is 18.4 Å². The highest BCUT2D eigenvalue weighted by Gasteiger charge is 2.30.